The number of rotatable bonds is 5. The molecule has 4 rings (SSSR count). The van der Waals surface area contributed by atoms with E-state index >= 15 is 0 Å². The van der Waals surface area contributed by atoms with Crippen LogP contribution >= 0.6 is 0 Å². The van der Waals surface area contributed by atoms with Gasteiger partial charge in [-0.15, -0.1) is 0 Å². The summed E-state index contributed by atoms with van der Waals surface area (Å²) in [4.78, 5) is 2.42. The van der Waals surface area contributed by atoms with Gasteiger partial charge in [-0.1, -0.05) is 5.16 Å². The summed E-state index contributed by atoms with van der Waals surface area (Å²) >= 11 is 0. The van der Waals surface area contributed by atoms with Crippen molar-refractivity contribution in [2.24, 2.45) is 5.92 Å². The molecule has 0 spiro atoms. The normalized spacial score (nSPS) is 22.1. The second kappa shape index (κ2) is 6.09. The van der Waals surface area contributed by atoms with E-state index in [1.807, 2.05) is 20.0 Å². The fourth-order valence-corrected chi connectivity index (χ4v) is 3.22. The Morgan fingerprint density at radius 3 is 2.91 bits per heavy atom. The number of nitrogens with zero attached hydrogens (tertiary/aromatic N) is 4. The van der Waals surface area contributed by atoms with Crippen molar-refractivity contribution in [1.82, 2.24) is 19.8 Å². The van der Waals surface area contributed by atoms with Gasteiger partial charge in [0.15, 0.2) is 0 Å². The predicted molar refractivity (Wildman–Crippen MR) is 84.8 cm³/mol. The van der Waals surface area contributed by atoms with Crippen LogP contribution in [-0.2, 0) is 24.4 Å². The van der Waals surface area contributed by atoms with Crippen LogP contribution < -0.4 is 0 Å². The van der Waals surface area contributed by atoms with Crippen LogP contribution in [-0.4, -0.2) is 39.1 Å². The van der Waals surface area contributed by atoms with E-state index in [4.69, 9.17) is 9.26 Å². The maximum absolute atomic E-state index is 6.18. The maximum atomic E-state index is 6.18. The Morgan fingerprint density at radius 2 is 2.17 bits per heavy atom. The second-order valence-electron chi connectivity index (χ2n) is 6.88. The Balaban J connectivity index is 1.50. The molecule has 0 radical (unpaired) electrons. The van der Waals surface area contributed by atoms with E-state index in [9.17, 15) is 0 Å². The molecule has 1 unspecified atom stereocenters. The van der Waals surface area contributed by atoms with Gasteiger partial charge in [-0.3, -0.25) is 9.58 Å². The largest absolute Gasteiger partial charge is 0.375 e. The van der Waals surface area contributed by atoms with Crippen molar-refractivity contribution in [2.75, 3.05) is 13.2 Å². The van der Waals surface area contributed by atoms with Gasteiger partial charge in [0, 0.05) is 38.0 Å². The first-order valence-corrected chi connectivity index (χ1v) is 8.45. The van der Waals surface area contributed by atoms with Crippen molar-refractivity contribution < 1.29 is 9.26 Å². The van der Waals surface area contributed by atoms with Gasteiger partial charge in [-0.25, -0.2) is 0 Å². The molecular formula is C17H24N4O2. The average Bonchev–Trinajstić information content (AvgIpc) is 3.23. The quantitative estimate of drug-likeness (QED) is 0.847. The molecule has 1 fully saturated rings. The van der Waals surface area contributed by atoms with Crippen molar-refractivity contribution in [2.45, 2.75) is 52.4 Å². The zero-order valence-electron chi connectivity index (χ0n) is 13.9. The van der Waals surface area contributed by atoms with E-state index < -0.39 is 0 Å². The molecule has 1 aliphatic carbocycles. The van der Waals surface area contributed by atoms with Crippen molar-refractivity contribution in [3.8, 4) is 0 Å². The molecule has 1 atom stereocenters. The molecule has 1 aliphatic heterocycles. The molecule has 0 bridgehead atoms. The lowest BCUT2D eigenvalue weighted by Crippen LogP contribution is -2.33. The van der Waals surface area contributed by atoms with Gasteiger partial charge in [0.05, 0.1) is 24.0 Å². The number of aromatic nitrogens is 3. The summed E-state index contributed by atoms with van der Waals surface area (Å²) in [6.07, 6.45) is 4.72. The van der Waals surface area contributed by atoms with Gasteiger partial charge in [-0.05, 0) is 38.7 Å². The molecule has 124 valence electrons. The third-order valence-corrected chi connectivity index (χ3v) is 4.86. The Labute approximate surface area is 136 Å². The van der Waals surface area contributed by atoms with Crippen LogP contribution in [0.1, 0.15) is 35.6 Å². The molecule has 0 aromatic carbocycles. The summed E-state index contributed by atoms with van der Waals surface area (Å²) in [6, 6.07) is 2.10. The van der Waals surface area contributed by atoms with E-state index in [1.165, 1.54) is 24.1 Å². The van der Waals surface area contributed by atoms with Gasteiger partial charge in [0.2, 0.25) is 0 Å². The minimum atomic E-state index is 0.192. The van der Waals surface area contributed by atoms with E-state index in [-0.39, 0.29) is 6.10 Å². The van der Waals surface area contributed by atoms with Crippen LogP contribution in [0.3, 0.4) is 0 Å². The smallest absolute Gasteiger partial charge is 0.138 e. The zero-order valence-corrected chi connectivity index (χ0v) is 13.9. The van der Waals surface area contributed by atoms with Gasteiger partial charge in [0.1, 0.15) is 5.76 Å². The van der Waals surface area contributed by atoms with Crippen molar-refractivity contribution >= 4 is 0 Å². The van der Waals surface area contributed by atoms with E-state index in [0.29, 0.717) is 0 Å². The lowest BCUT2D eigenvalue weighted by atomic mass is 10.2. The lowest BCUT2D eigenvalue weighted by molar-refractivity contribution is 0.0122. The third-order valence-electron chi connectivity index (χ3n) is 4.86. The summed E-state index contributed by atoms with van der Waals surface area (Å²) in [6.45, 7) is 8.37. The fourth-order valence-electron chi connectivity index (χ4n) is 3.22. The van der Waals surface area contributed by atoms with Crippen LogP contribution in [0, 0.1) is 19.8 Å². The molecule has 2 aromatic rings. The maximum Gasteiger partial charge on any atom is 0.138 e. The summed E-state index contributed by atoms with van der Waals surface area (Å²) in [5, 5.41) is 8.53. The van der Waals surface area contributed by atoms with Crippen LogP contribution in [0.15, 0.2) is 16.8 Å². The lowest BCUT2D eigenvalue weighted by Gasteiger charge is -2.24. The summed E-state index contributed by atoms with van der Waals surface area (Å²) in [7, 11) is 0. The third kappa shape index (κ3) is 3.33. The summed E-state index contributed by atoms with van der Waals surface area (Å²) in [5.41, 5.74) is 3.42. The number of hydrogen-bond acceptors (Lipinski definition) is 5. The van der Waals surface area contributed by atoms with Gasteiger partial charge < -0.3 is 9.26 Å². The molecule has 3 heterocycles. The fraction of sp³-hybridized carbons (Fsp3) is 0.647. The van der Waals surface area contributed by atoms with E-state index in [2.05, 4.69) is 25.9 Å². The minimum Gasteiger partial charge on any atom is -0.375 e. The first kappa shape index (κ1) is 14.9. The zero-order chi connectivity index (χ0) is 15.8. The molecule has 0 N–H and O–H groups in total. The van der Waals surface area contributed by atoms with Gasteiger partial charge in [-0.2, -0.15) is 5.10 Å². The molecule has 0 saturated heterocycles. The van der Waals surface area contributed by atoms with Gasteiger partial charge >= 0.3 is 0 Å². The first-order valence-electron chi connectivity index (χ1n) is 8.45. The molecule has 23 heavy (non-hydrogen) atoms. The minimum absolute atomic E-state index is 0.192. The summed E-state index contributed by atoms with van der Waals surface area (Å²) < 4.78 is 13.6. The molecule has 6 nitrogen and oxygen atoms in total. The number of aryl methyl sites for hydroxylation is 2. The second-order valence-corrected chi connectivity index (χ2v) is 6.88. The Morgan fingerprint density at radius 1 is 1.30 bits per heavy atom. The van der Waals surface area contributed by atoms with Gasteiger partial charge in [0.25, 0.3) is 0 Å². The molecular weight excluding hydrogens is 292 g/mol. The van der Waals surface area contributed by atoms with E-state index in [0.717, 1.165) is 50.2 Å². The molecule has 6 heteroatoms. The predicted octanol–water partition coefficient (Wildman–Crippen LogP) is 2.30. The average molecular weight is 316 g/mol. The highest BCUT2D eigenvalue weighted by molar-refractivity contribution is 5.20. The SMILES string of the molecule is Cc1noc(C)c1CN1Cc2ccnn2CC(OCC2CC2)C1. The monoisotopic (exact) mass is 316 g/mol. The van der Waals surface area contributed by atoms with Crippen molar-refractivity contribution in [3.63, 3.8) is 0 Å². The van der Waals surface area contributed by atoms with Crippen LogP contribution in [0.5, 0.6) is 0 Å². The first-order chi connectivity index (χ1) is 11.2. The van der Waals surface area contributed by atoms with E-state index in [1.54, 1.807) is 0 Å². The molecule has 1 saturated carbocycles. The van der Waals surface area contributed by atoms with Crippen LogP contribution in [0.2, 0.25) is 0 Å². The topological polar surface area (TPSA) is 56.3 Å². The van der Waals surface area contributed by atoms with Crippen molar-refractivity contribution in [3.05, 3.63) is 35.0 Å². The molecule has 2 aromatic heterocycles. The molecule has 2 aliphatic rings. The Hall–Kier alpha value is -1.66. The Bertz CT molecular complexity index is 654. The standard InChI is InChI=1S/C17H24N4O2/c1-12-17(13(2)23-19-12)10-20-7-15-5-6-18-21(15)9-16(8-20)22-11-14-3-4-14/h5-6,14,16H,3-4,7-11H2,1-2H3. The number of ether oxygens (including phenoxy) is 1. The highest BCUT2D eigenvalue weighted by atomic mass is 16.5. The van der Waals surface area contributed by atoms with Crippen molar-refractivity contribution in [1.29, 1.82) is 0 Å². The molecule has 0 amide bonds. The number of fused-ring (bicyclic) bond motifs is 1. The Kier molecular flexibility index (Phi) is 3.95. The highest BCUT2D eigenvalue weighted by Gasteiger charge is 2.27. The summed E-state index contributed by atoms with van der Waals surface area (Å²) in [5.74, 6) is 1.70. The highest BCUT2D eigenvalue weighted by Crippen LogP contribution is 2.30. The van der Waals surface area contributed by atoms with Crippen LogP contribution in [0.25, 0.3) is 0 Å². The number of hydrogen-bond donors (Lipinski definition) is 0. The van der Waals surface area contributed by atoms with Crippen LogP contribution in [0.4, 0.5) is 0 Å².